The summed E-state index contributed by atoms with van der Waals surface area (Å²) in [6.45, 7) is 4.02. The third kappa shape index (κ3) is 3.58. The fourth-order valence-electron chi connectivity index (χ4n) is 3.81. The van der Waals surface area contributed by atoms with Crippen LogP contribution in [0.1, 0.15) is 41.7 Å². The second kappa shape index (κ2) is 6.95. The lowest BCUT2D eigenvalue weighted by atomic mass is 9.93. The topological polar surface area (TPSA) is 45.2 Å². The Hall–Kier alpha value is -2.01. The van der Waals surface area contributed by atoms with E-state index >= 15 is 0 Å². The van der Waals surface area contributed by atoms with E-state index in [9.17, 15) is 4.79 Å². The van der Waals surface area contributed by atoms with Crippen molar-refractivity contribution < 1.29 is 4.79 Å². The number of pyridine rings is 1. The zero-order valence-corrected chi connectivity index (χ0v) is 16.2. The maximum atomic E-state index is 13.0. The largest absolute Gasteiger partial charge is 0.371 e. The number of carbonyl (C=O) groups is 1. The van der Waals surface area contributed by atoms with Crippen LogP contribution in [0, 0.1) is 12.3 Å². The van der Waals surface area contributed by atoms with Crippen LogP contribution in [0.15, 0.2) is 41.4 Å². The molecule has 1 aromatic carbocycles. The molecule has 1 saturated heterocycles. The molecule has 2 aliphatic rings. The molecule has 1 amide bonds. The molecule has 1 spiro atoms. The average Bonchev–Trinajstić information content (AvgIpc) is 3.41. The quantitative estimate of drug-likeness (QED) is 0.793. The molecular weight excluding hydrogens is 342 g/mol. The number of rotatable bonds is 4. The van der Waals surface area contributed by atoms with Crippen LogP contribution in [0.4, 0.5) is 11.4 Å². The monoisotopic (exact) mass is 367 g/mol. The number of aromatic nitrogens is 1. The summed E-state index contributed by atoms with van der Waals surface area (Å²) in [4.78, 5) is 20.7. The summed E-state index contributed by atoms with van der Waals surface area (Å²) in [5, 5.41) is 3.03. The number of aryl methyl sites for hydroxylation is 1. The van der Waals surface area contributed by atoms with Crippen LogP contribution in [0.5, 0.6) is 0 Å². The summed E-state index contributed by atoms with van der Waals surface area (Å²) in [5.74, 6) is -0.0510. The van der Waals surface area contributed by atoms with Crippen molar-refractivity contribution in [3.8, 4) is 0 Å². The third-order valence-corrected chi connectivity index (χ3v) is 6.45. The first kappa shape index (κ1) is 17.4. The van der Waals surface area contributed by atoms with Crippen LogP contribution in [0.2, 0.25) is 0 Å². The normalized spacial score (nSPS) is 18.0. The predicted molar refractivity (Wildman–Crippen MR) is 108 cm³/mol. The van der Waals surface area contributed by atoms with Crippen molar-refractivity contribution in [2.24, 2.45) is 5.41 Å². The summed E-state index contributed by atoms with van der Waals surface area (Å²) in [6.07, 6.45) is 9.08. The van der Waals surface area contributed by atoms with Crippen LogP contribution in [0.25, 0.3) is 0 Å². The number of amides is 1. The Morgan fingerprint density at radius 1 is 1.15 bits per heavy atom. The standard InChI is InChI=1S/C21H25N3OS/c1-15-13-16(5-10-22-15)23-20(25)18-4-3-17(26-2)14-19(18)24-11-8-21(6-7-21)9-12-24/h3-5,10,13-14H,6-9,11-12H2,1-2H3,(H,22,23,25). The summed E-state index contributed by atoms with van der Waals surface area (Å²) in [5.41, 5.74) is 4.13. The van der Waals surface area contributed by atoms with Crippen LogP contribution in [-0.2, 0) is 0 Å². The van der Waals surface area contributed by atoms with Gasteiger partial charge in [0.1, 0.15) is 0 Å². The second-order valence-corrected chi connectivity index (χ2v) is 8.39. The van der Waals surface area contributed by atoms with Gasteiger partial charge >= 0.3 is 0 Å². The van der Waals surface area contributed by atoms with Gasteiger partial charge in [0.05, 0.1) is 11.3 Å². The van der Waals surface area contributed by atoms with Gasteiger partial charge in [0, 0.05) is 35.6 Å². The Balaban J connectivity index is 1.59. The molecule has 26 heavy (non-hydrogen) atoms. The minimum atomic E-state index is -0.0510. The van der Waals surface area contributed by atoms with E-state index in [0.29, 0.717) is 5.41 Å². The van der Waals surface area contributed by atoms with E-state index in [1.165, 1.54) is 30.6 Å². The fraction of sp³-hybridized carbons (Fsp3) is 0.429. The van der Waals surface area contributed by atoms with Crippen molar-refractivity contribution in [1.82, 2.24) is 4.98 Å². The molecular formula is C21H25N3OS. The smallest absolute Gasteiger partial charge is 0.257 e. The van der Waals surface area contributed by atoms with Crippen LogP contribution in [0.3, 0.4) is 0 Å². The Kier molecular flexibility index (Phi) is 4.65. The molecule has 0 unspecified atom stereocenters. The highest BCUT2D eigenvalue weighted by atomic mass is 32.2. The van der Waals surface area contributed by atoms with Crippen LogP contribution < -0.4 is 10.2 Å². The van der Waals surface area contributed by atoms with Crippen molar-refractivity contribution in [3.63, 3.8) is 0 Å². The van der Waals surface area contributed by atoms with Crippen molar-refractivity contribution in [2.45, 2.75) is 37.5 Å². The summed E-state index contributed by atoms with van der Waals surface area (Å²) in [6, 6.07) is 9.89. The Bertz CT molecular complexity index is 822. The zero-order chi connectivity index (χ0) is 18.1. The molecule has 4 rings (SSSR count). The van der Waals surface area contributed by atoms with E-state index in [0.717, 1.165) is 35.7 Å². The Morgan fingerprint density at radius 3 is 2.58 bits per heavy atom. The first-order chi connectivity index (χ1) is 12.6. The van der Waals surface area contributed by atoms with E-state index in [2.05, 4.69) is 27.5 Å². The van der Waals surface area contributed by atoms with Gasteiger partial charge in [0.25, 0.3) is 5.91 Å². The maximum Gasteiger partial charge on any atom is 0.257 e. The first-order valence-electron chi connectivity index (χ1n) is 9.26. The minimum absolute atomic E-state index is 0.0510. The average molecular weight is 368 g/mol. The number of hydrogen-bond acceptors (Lipinski definition) is 4. The van der Waals surface area contributed by atoms with Crippen molar-refractivity contribution in [1.29, 1.82) is 0 Å². The molecule has 1 aromatic heterocycles. The van der Waals surface area contributed by atoms with Gasteiger partial charge in [-0.1, -0.05) is 0 Å². The van der Waals surface area contributed by atoms with E-state index < -0.39 is 0 Å². The lowest BCUT2D eigenvalue weighted by Crippen LogP contribution is -2.35. The van der Waals surface area contributed by atoms with Gasteiger partial charge in [-0.2, -0.15) is 0 Å². The van der Waals surface area contributed by atoms with E-state index in [4.69, 9.17) is 0 Å². The minimum Gasteiger partial charge on any atom is -0.371 e. The molecule has 5 heteroatoms. The number of nitrogens with zero attached hydrogens (tertiary/aromatic N) is 2. The Labute approximate surface area is 159 Å². The molecule has 0 radical (unpaired) electrons. The summed E-state index contributed by atoms with van der Waals surface area (Å²) >= 11 is 1.72. The molecule has 1 N–H and O–H groups in total. The van der Waals surface area contributed by atoms with Crippen molar-refractivity contribution >= 4 is 29.0 Å². The van der Waals surface area contributed by atoms with Crippen LogP contribution >= 0.6 is 11.8 Å². The molecule has 1 aliphatic carbocycles. The number of hydrogen-bond donors (Lipinski definition) is 1. The SMILES string of the molecule is CSc1ccc(C(=O)Nc2ccnc(C)c2)c(N2CCC3(CC2)CC3)c1. The number of carbonyl (C=O) groups excluding carboxylic acids is 1. The highest BCUT2D eigenvalue weighted by Gasteiger charge is 2.44. The number of nitrogens with one attached hydrogen (secondary N) is 1. The zero-order valence-electron chi connectivity index (χ0n) is 15.4. The number of benzene rings is 1. The van der Waals surface area contributed by atoms with Crippen molar-refractivity contribution in [3.05, 3.63) is 47.8 Å². The molecule has 0 bridgehead atoms. The molecule has 4 nitrogen and oxygen atoms in total. The van der Waals surface area contributed by atoms with Gasteiger partial charge in [-0.15, -0.1) is 11.8 Å². The molecule has 2 fully saturated rings. The third-order valence-electron chi connectivity index (χ3n) is 5.73. The van der Waals surface area contributed by atoms with Gasteiger partial charge < -0.3 is 10.2 Å². The molecule has 136 valence electrons. The molecule has 1 aliphatic heterocycles. The molecule has 2 aromatic rings. The predicted octanol–water partition coefficient (Wildman–Crippen LogP) is 4.74. The summed E-state index contributed by atoms with van der Waals surface area (Å²) in [7, 11) is 0. The lowest BCUT2D eigenvalue weighted by molar-refractivity contribution is 0.102. The molecule has 1 saturated carbocycles. The first-order valence-corrected chi connectivity index (χ1v) is 10.5. The molecule has 0 atom stereocenters. The van der Waals surface area contributed by atoms with Gasteiger partial charge in [0.2, 0.25) is 0 Å². The van der Waals surface area contributed by atoms with E-state index in [-0.39, 0.29) is 5.91 Å². The van der Waals surface area contributed by atoms with Crippen molar-refractivity contribution in [2.75, 3.05) is 29.6 Å². The summed E-state index contributed by atoms with van der Waals surface area (Å²) < 4.78 is 0. The van der Waals surface area contributed by atoms with Gasteiger partial charge in [0.15, 0.2) is 0 Å². The highest BCUT2D eigenvalue weighted by Crippen LogP contribution is 2.54. The Morgan fingerprint density at radius 2 is 1.92 bits per heavy atom. The van der Waals surface area contributed by atoms with E-state index in [1.807, 2.05) is 31.2 Å². The lowest BCUT2D eigenvalue weighted by Gasteiger charge is -2.35. The van der Waals surface area contributed by atoms with Gasteiger partial charge in [-0.25, -0.2) is 0 Å². The number of anilines is 2. The van der Waals surface area contributed by atoms with E-state index in [1.54, 1.807) is 18.0 Å². The second-order valence-electron chi connectivity index (χ2n) is 7.51. The number of piperidine rings is 1. The maximum absolute atomic E-state index is 13.0. The fourth-order valence-corrected chi connectivity index (χ4v) is 4.25. The van der Waals surface area contributed by atoms with Gasteiger partial charge in [-0.05, 0) is 74.6 Å². The number of thioether (sulfide) groups is 1. The van der Waals surface area contributed by atoms with Gasteiger partial charge in [-0.3, -0.25) is 9.78 Å². The highest BCUT2D eigenvalue weighted by molar-refractivity contribution is 7.98. The van der Waals surface area contributed by atoms with Crippen LogP contribution in [-0.4, -0.2) is 30.2 Å². The molecule has 2 heterocycles.